The molecule has 1 aromatic heterocycles. The number of H-pyrrole nitrogens is 1. The van der Waals surface area contributed by atoms with Crippen LogP contribution in [0.15, 0.2) is 0 Å². The molecule has 5 nitrogen and oxygen atoms in total. The van der Waals surface area contributed by atoms with Gasteiger partial charge in [-0.1, -0.05) is 53.4 Å². The second kappa shape index (κ2) is 8.02. The number of aromatic amines is 1. The highest BCUT2D eigenvalue weighted by atomic mass is 16.1. The molecule has 0 unspecified atom stereocenters. The Labute approximate surface area is 122 Å². The second-order valence-electron chi connectivity index (χ2n) is 6.30. The zero-order valence-corrected chi connectivity index (χ0v) is 13.3. The molecule has 20 heavy (non-hydrogen) atoms. The quantitative estimate of drug-likeness (QED) is 0.719. The molecule has 0 radical (unpaired) electrons. The van der Waals surface area contributed by atoms with Crippen LogP contribution in [0.5, 0.6) is 0 Å². The molecule has 0 aromatic carbocycles. The van der Waals surface area contributed by atoms with Crippen molar-refractivity contribution in [2.45, 2.75) is 78.2 Å². The van der Waals surface area contributed by atoms with Crippen molar-refractivity contribution in [3.8, 4) is 0 Å². The smallest absolute Gasteiger partial charge is 0.220 e. The van der Waals surface area contributed by atoms with Gasteiger partial charge in [-0.25, -0.2) is 4.98 Å². The lowest BCUT2D eigenvalue weighted by molar-refractivity contribution is -0.121. The lowest BCUT2D eigenvalue weighted by Gasteiger charge is -2.11. The molecule has 0 aliphatic carbocycles. The summed E-state index contributed by atoms with van der Waals surface area (Å²) >= 11 is 0. The largest absolute Gasteiger partial charge is 0.349 e. The molecular weight excluding hydrogens is 252 g/mol. The predicted octanol–water partition coefficient (Wildman–Crippen LogP) is 3.08. The van der Waals surface area contributed by atoms with Gasteiger partial charge in [0, 0.05) is 11.8 Å². The van der Waals surface area contributed by atoms with Crippen molar-refractivity contribution in [1.82, 2.24) is 20.5 Å². The standard InChI is InChI=1S/C15H28N4O/c1-5-6-7-8-9-10-13(20)16-11-12-17-14(19-18-12)15(2,3)4/h5-11H2,1-4H3,(H,16,20)(H,17,18,19). The maximum Gasteiger partial charge on any atom is 0.220 e. The van der Waals surface area contributed by atoms with Gasteiger partial charge in [-0.2, -0.15) is 5.10 Å². The Hall–Kier alpha value is -1.39. The summed E-state index contributed by atoms with van der Waals surface area (Å²) in [5.41, 5.74) is -0.0714. The fraction of sp³-hybridized carbons (Fsp3) is 0.800. The van der Waals surface area contributed by atoms with Crippen LogP contribution in [0.1, 0.15) is 77.9 Å². The zero-order valence-electron chi connectivity index (χ0n) is 13.3. The average molecular weight is 280 g/mol. The third-order valence-electron chi connectivity index (χ3n) is 3.16. The van der Waals surface area contributed by atoms with Gasteiger partial charge in [0.25, 0.3) is 0 Å². The van der Waals surface area contributed by atoms with Gasteiger partial charge in [0.1, 0.15) is 5.82 Å². The third-order valence-corrected chi connectivity index (χ3v) is 3.16. The van der Waals surface area contributed by atoms with Gasteiger partial charge in [-0.05, 0) is 6.42 Å². The Morgan fingerprint density at radius 1 is 1.20 bits per heavy atom. The fourth-order valence-corrected chi connectivity index (χ4v) is 1.87. The van der Waals surface area contributed by atoms with Crippen LogP contribution < -0.4 is 5.32 Å². The summed E-state index contributed by atoms with van der Waals surface area (Å²) in [6.07, 6.45) is 6.42. The van der Waals surface area contributed by atoms with Crippen LogP contribution in [0, 0.1) is 0 Å². The summed E-state index contributed by atoms with van der Waals surface area (Å²) in [5.74, 6) is 1.59. The number of hydrogen-bond acceptors (Lipinski definition) is 3. The second-order valence-corrected chi connectivity index (χ2v) is 6.30. The van der Waals surface area contributed by atoms with E-state index < -0.39 is 0 Å². The lowest BCUT2D eigenvalue weighted by Crippen LogP contribution is -2.23. The van der Waals surface area contributed by atoms with E-state index in [0.29, 0.717) is 18.8 Å². The number of unbranched alkanes of at least 4 members (excludes halogenated alkanes) is 4. The van der Waals surface area contributed by atoms with Crippen LogP contribution in [-0.4, -0.2) is 21.1 Å². The Balaban J connectivity index is 2.22. The molecule has 1 aromatic rings. The van der Waals surface area contributed by atoms with Crippen molar-refractivity contribution in [2.24, 2.45) is 0 Å². The Kier molecular flexibility index (Phi) is 6.68. The zero-order chi connectivity index (χ0) is 15.0. The molecule has 0 atom stereocenters. The number of nitrogens with zero attached hydrogens (tertiary/aromatic N) is 2. The fourth-order valence-electron chi connectivity index (χ4n) is 1.87. The van der Waals surface area contributed by atoms with Crippen molar-refractivity contribution < 1.29 is 4.79 Å². The number of rotatable bonds is 8. The first-order chi connectivity index (χ1) is 9.43. The lowest BCUT2D eigenvalue weighted by atomic mass is 9.96. The van der Waals surface area contributed by atoms with Gasteiger partial charge in [0.2, 0.25) is 5.91 Å². The average Bonchev–Trinajstić information content (AvgIpc) is 2.85. The van der Waals surface area contributed by atoms with Gasteiger partial charge >= 0.3 is 0 Å². The molecule has 5 heteroatoms. The first kappa shape index (κ1) is 16.7. The SMILES string of the molecule is CCCCCCCC(=O)NCc1nc(C(C)(C)C)n[nH]1. The van der Waals surface area contributed by atoms with Crippen LogP contribution in [0.4, 0.5) is 0 Å². The van der Waals surface area contributed by atoms with E-state index >= 15 is 0 Å². The maximum absolute atomic E-state index is 11.7. The van der Waals surface area contributed by atoms with Crippen molar-refractivity contribution in [3.05, 3.63) is 11.6 Å². The van der Waals surface area contributed by atoms with Crippen LogP contribution in [0.3, 0.4) is 0 Å². The normalized spacial score (nSPS) is 11.6. The minimum Gasteiger partial charge on any atom is -0.349 e. The van der Waals surface area contributed by atoms with Crippen molar-refractivity contribution in [1.29, 1.82) is 0 Å². The molecular formula is C15H28N4O. The maximum atomic E-state index is 11.7. The molecule has 0 aliphatic rings. The predicted molar refractivity (Wildman–Crippen MR) is 80.3 cm³/mol. The molecule has 0 spiro atoms. The van der Waals surface area contributed by atoms with Crippen molar-refractivity contribution in [2.75, 3.05) is 0 Å². The summed E-state index contributed by atoms with van der Waals surface area (Å²) in [7, 11) is 0. The van der Waals surface area contributed by atoms with E-state index in [9.17, 15) is 4.79 Å². The van der Waals surface area contributed by atoms with Gasteiger partial charge in [-0.15, -0.1) is 0 Å². The molecule has 0 saturated heterocycles. The highest BCUT2D eigenvalue weighted by molar-refractivity contribution is 5.75. The number of amides is 1. The topological polar surface area (TPSA) is 70.7 Å². The van der Waals surface area contributed by atoms with Crippen LogP contribution in [0.2, 0.25) is 0 Å². The summed E-state index contributed by atoms with van der Waals surface area (Å²) in [4.78, 5) is 16.1. The van der Waals surface area contributed by atoms with E-state index in [-0.39, 0.29) is 11.3 Å². The van der Waals surface area contributed by atoms with Crippen LogP contribution in [0.25, 0.3) is 0 Å². The summed E-state index contributed by atoms with van der Waals surface area (Å²) in [5, 5.41) is 9.93. The molecule has 0 fully saturated rings. The van der Waals surface area contributed by atoms with Crippen LogP contribution >= 0.6 is 0 Å². The first-order valence-electron chi connectivity index (χ1n) is 7.62. The third kappa shape index (κ3) is 6.17. The minimum absolute atomic E-state index is 0.0714. The van der Waals surface area contributed by atoms with Crippen LogP contribution in [-0.2, 0) is 16.8 Å². The van der Waals surface area contributed by atoms with Gasteiger partial charge in [-0.3, -0.25) is 9.89 Å². The van der Waals surface area contributed by atoms with E-state index in [1.807, 2.05) is 0 Å². The number of hydrogen-bond donors (Lipinski definition) is 2. The Morgan fingerprint density at radius 3 is 2.50 bits per heavy atom. The van der Waals surface area contributed by atoms with E-state index in [4.69, 9.17) is 0 Å². The molecule has 0 bridgehead atoms. The number of aromatic nitrogens is 3. The van der Waals surface area contributed by atoms with Gasteiger partial charge < -0.3 is 5.32 Å². The molecule has 2 N–H and O–H groups in total. The number of carbonyl (C=O) groups excluding carboxylic acids is 1. The highest BCUT2D eigenvalue weighted by Gasteiger charge is 2.19. The summed E-state index contributed by atoms with van der Waals surface area (Å²) in [6, 6.07) is 0. The molecule has 1 heterocycles. The molecule has 1 amide bonds. The van der Waals surface area contributed by atoms with Crippen molar-refractivity contribution >= 4 is 5.91 Å². The van der Waals surface area contributed by atoms with E-state index in [1.54, 1.807) is 0 Å². The van der Waals surface area contributed by atoms with E-state index in [1.165, 1.54) is 19.3 Å². The first-order valence-corrected chi connectivity index (χ1v) is 7.62. The summed E-state index contributed by atoms with van der Waals surface area (Å²) < 4.78 is 0. The molecule has 114 valence electrons. The van der Waals surface area contributed by atoms with E-state index in [0.717, 1.165) is 18.7 Å². The van der Waals surface area contributed by atoms with Gasteiger partial charge in [0.15, 0.2) is 5.82 Å². The monoisotopic (exact) mass is 280 g/mol. The summed E-state index contributed by atoms with van der Waals surface area (Å²) in [6.45, 7) is 8.81. The molecule has 0 aliphatic heterocycles. The Morgan fingerprint density at radius 2 is 1.90 bits per heavy atom. The molecule has 1 rings (SSSR count). The Bertz CT molecular complexity index is 406. The molecule has 0 saturated carbocycles. The number of nitrogens with one attached hydrogen (secondary N) is 2. The van der Waals surface area contributed by atoms with E-state index in [2.05, 4.69) is 48.2 Å². The minimum atomic E-state index is -0.0714. The van der Waals surface area contributed by atoms with Gasteiger partial charge in [0.05, 0.1) is 6.54 Å². The highest BCUT2D eigenvalue weighted by Crippen LogP contribution is 2.17. The van der Waals surface area contributed by atoms with Crippen molar-refractivity contribution in [3.63, 3.8) is 0 Å². The number of carbonyl (C=O) groups is 1.